The normalized spacial score (nSPS) is 16.0. The zero-order chi connectivity index (χ0) is 13.0. The van der Waals surface area contributed by atoms with E-state index in [0.717, 1.165) is 26.2 Å². The standard InChI is InChI=1S/C14H15FN2O/c1-16-7-9-17(10-8-16)6-5-14(18)12-3-2-4-13(15)11-12/h2-4,11H,7-10H2,1H3. The molecule has 0 unspecified atom stereocenters. The van der Waals surface area contributed by atoms with Gasteiger partial charge in [0.1, 0.15) is 5.82 Å². The zero-order valence-corrected chi connectivity index (χ0v) is 10.3. The van der Waals surface area contributed by atoms with Crippen molar-refractivity contribution in [3.63, 3.8) is 0 Å². The third-order valence-electron chi connectivity index (χ3n) is 2.92. The van der Waals surface area contributed by atoms with Gasteiger partial charge in [0.05, 0.1) is 0 Å². The second-order valence-electron chi connectivity index (χ2n) is 4.37. The van der Waals surface area contributed by atoms with Crippen molar-refractivity contribution in [3.05, 3.63) is 35.6 Å². The highest BCUT2D eigenvalue weighted by molar-refractivity contribution is 6.08. The van der Waals surface area contributed by atoms with Crippen molar-refractivity contribution in [1.82, 2.24) is 9.80 Å². The summed E-state index contributed by atoms with van der Waals surface area (Å²) < 4.78 is 12.9. The molecule has 0 atom stereocenters. The fourth-order valence-corrected chi connectivity index (χ4v) is 1.75. The van der Waals surface area contributed by atoms with Gasteiger partial charge in [0, 0.05) is 37.8 Å². The fraction of sp³-hybridized carbons (Fsp3) is 0.357. The molecule has 1 aliphatic rings. The summed E-state index contributed by atoms with van der Waals surface area (Å²) in [6, 6.07) is 8.45. The van der Waals surface area contributed by atoms with Gasteiger partial charge in [-0.1, -0.05) is 12.1 Å². The van der Waals surface area contributed by atoms with E-state index in [4.69, 9.17) is 0 Å². The Labute approximate surface area is 106 Å². The maximum absolute atomic E-state index is 12.9. The minimum atomic E-state index is -0.415. The average Bonchev–Trinajstić information content (AvgIpc) is 2.38. The molecule has 0 aromatic heterocycles. The first-order chi connectivity index (χ1) is 8.65. The SMILES string of the molecule is CN1CCN(C#CC(=O)c2cccc(F)c2)CC1. The van der Waals surface area contributed by atoms with Crippen LogP contribution in [-0.2, 0) is 0 Å². The number of likely N-dealkylation sites (N-methyl/N-ethyl adjacent to an activating group) is 1. The Bertz CT molecular complexity index is 496. The smallest absolute Gasteiger partial charge is 0.237 e. The van der Waals surface area contributed by atoms with Crippen LogP contribution in [0.2, 0.25) is 0 Å². The van der Waals surface area contributed by atoms with Gasteiger partial charge < -0.3 is 9.80 Å². The molecular weight excluding hydrogens is 231 g/mol. The Morgan fingerprint density at radius 3 is 2.67 bits per heavy atom. The minimum absolute atomic E-state index is 0.302. The van der Waals surface area contributed by atoms with E-state index in [9.17, 15) is 9.18 Å². The fourth-order valence-electron chi connectivity index (χ4n) is 1.75. The molecule has 1 saturated heterocycles. The number of hydrogen-bond donors (Lipinski definition) is 0. The molecule has 18 heavy (non-hydrogen) atoms. The third kappa shape index (κ3) is 3.31. The largest absolute Gasteiger partial charge is 0.330 e. The van der Waals surface area contributed by atoms with E-state index < -0.39 is 5.82 Å². The molecule has 4 heteroatoms. The van der Waals surface area contributed by atoms with Gasteiger partial charge in [-0.2, -0.15) is 0 Å². The van der Waals surface area contributed by atoms with Crippen molar-refractivity contribution in [2.24, 2.45) is 0 Å². The number of halogens is 1. The Morgan fingerprint density at radius 1 is 1.28 bits per heavy atom. The summed E-state index contributed by atoms with van der Waals surface area (Å²) in [5.41, 5.74) is 0.302. The molecule has 2 rings (SSSR count). The van der Waals surface area contributed by atoms with Crippen LogP contribution in [0.3, 0.4) is 0 Å². The van der Waals surface area contributed by atoms with Crippen molar-refractivity contribution in [1.29, 1.82) is 0 Å². The lowest BCUT2D eigenvalue weighted by atomic mass is 10.1. The number of Topliss-reactive ketones (excluding diaryl/α,β-unsaturated/α-hetero) is 1. The molecule has 0 radical (unpaired) electrons. The highest BCUT2D eigenvalue weighted by atomic mass is 19.1. The van der Waals surface area contributed by atoms with Gasteiger partial charge in [-0.25, -0.2) is 4.39 Å². The number of rotatable bonds is 1. The van der Waals surface area contributed by atoms with Crippen molar-refractivity contribution in [3.8, 4) is 12.0 Å². The van der Waals surface area contributed by atoms with Crippen molar-refractivity contribution in [2.45, 2.75) is 0 Å². The van der Waals surface area contributed by atoms with E-state index in [1.165, 1.54) is 18.2 Å². The van der Waals surface area contributed by atoms with Crippen LogP contribution in [0.5, 0.6) is 0 Å². The predicted octanol–water partition coefficient (Wildman–Crippen LogP) is 1.22. The summed E-state index contributed by atoms with van der Waals surface area (Å²) in [5.74, 6) is 1.81. The van der Waals surface area contributed by atoms with Gasteiger partial charge in [0.15, 0.2) is 0 Å². The molecule has 0 aliphatic carbocycles. The first-order valence-corrected chi connectivity index (χ1v) is 5.90. The molecule has 1 heterocycles. The number of benzene rings is 1. The van der Waals surface area contributed by atoms with Crippen LogP contribution < -0.4 is 0 Å². The Hall–Kier alpha value is -1.86. The molecule has 1 aromatic carbocycles. The third-order valence-corrected chi connectivity index (χ3v) is 2.92. The molecular formula is C14H15FN2O. The summed E-state index contributed by atoms with van der Waals surface area (Å²) in [6.07, 6.45) is 0. The van der Waals surface area contributed by atoms with Gasteiger partial charge >= 0.3 is 0 Å². The van der Waals surface area contributed by atoms with E-state index in [1.807, 2.05) is 4.90 Å². The Balaban J connectivity index is 2.00. The molecule has 0 spiro atoms. The minimum Gasteiger partial charge on any atom is -0.330 e. The number of carbonyl (C=O) groups excluding carboxylic acids is 1. The van der Waals surface area contributed by atoms with E-state index in [1.54, 1.807) is 6.07 Å². The number of ketones is 1. The van der Waals surface area contributed by atoms with E-state index in [0.29, 0.717) is 5.56 Å². The van der Waals surface area contributed by atoms with Gasteiger partial charge in [-0.3, -0.25) is 4.79 Å². The topological polar surface area (TPSA) is 23.6 Å². The average molecular weight is 246 g/mol. The summed E-state index contributed by atoms with van der Waals surface area (Å²) in [5, 5.41) is 0. The molecule has 0 N–H and O–H groups in total. The van der Waals surface area contributed by atoms with Crippen LogP contribution in [0.1, 0.15) is 10.4 Å². The lowest BCUT2D eigenvalue weighted by Crippen LogP contribution is -2.42. The van der Waals surface area contributed by atoms with Crippen LogP contribution in [0, 0.1) is 17.8 Å². The molecule has 0 bridgehead atoms. The highest BCUT2D eigenvalue weighted by Crippen LogP contribution is 2.04. The molecule has 94 valence electrons. The van der Waals surface area contributed by atoms with Crippen molar-refractivity contribution in [2.75, 3.05) is 33.2 Å². The first-order valence-electron chi connectivity index (χ1n) is 5.90. The lowest BCUT2D eigenvalue weighted by Gasteiger charge is -2.29. The maximum Gasteiger partial charge on any atom is 0.237 e. The number of carbonyl (C=O) groups is 1. The second-order valence-corrected chi connectivity index (χ2v) is 4.37. The molecule has 1 aromatic rings. The second kappa shape index (κ2) is 5.65. The van der Waals surface area contributed by atoms with E-state index >= 15 is 0 Å². The summed E-state index contributed by atoms with van der Waals surface area (Å²) in [7, 11) is 2.06. The van der Waals surface area contributed by atoms with E-state index in [-0.39, 0.29) is 5.78 Å². The van der Waals surface area contributed by atoms with Crippen LogP contribution in [0.4, 0.5) is 4.39 Å². The molecule has 1 fully saturated rings. The summed E-state index contributed by atoms with van der Waals surface area (Å²) >= 11 is 0. The molecule has 3 nitrogen and oxygen atoms in total. The molecule has 1 aliphatic heterocycles. The van der Waals surface area contributed by atoms with Crippen molar-refractivity contribution >= 4 is 5.78 Å². The maximum atomic E-state index is 12.9. The molecule has 0 saturated carbocycles. The van der Waals surface area contributed by atoms with Gasteiger partial charge in [-0.15, -0.1) is 0 Å². The van der Waals surface area contributed by atoms with Crippen LogP contribution in [-0.4, -0.2) is 48.8 Å². The predicted molar refractivity (Wildman–Crippen MR) is 67.6 cm³/mol. The van der Waals surface area contributed by atoms with E-state index in [2.05, 4.69) is 23.9 Å². The first kappa shape index (κ1) is 12.6. The van der Waals surface area contributed by atoms with Crippen LogP contribution in [0.15, 0.2) is 24.3 Å². The van der Waals surface area contributed by atoms with Crippen LogP contribution in [0.25, 0.3) is 0 Å². The van der Waals surface area contributed by atoms with Gasteiger partial charge in [0.2, 0.25) is 5.78 Å². The lowest BCUT2D eigenvalue weighted by molar-refractivity contribution is 0.105. The summed E-state index contributed by atoms with van der Waals surface area (Å²) in [4.78, 5) is 15.9. The Kier molecular flexibility index (Phi) is 3.96. The van der Waals surface area contributed by atoms with Gasteiger partial charge in [-0.05, 0) is 25.1 Å². The van der Waals surface area contributed by atoms with Gasteiger partial charge in [0.25, 0.3) is 0 Å². The Morgan fingerprint density at radius 2 is 2.00 bits per heavy atom. The summed E-state index contributed by atoms with van der Waals surface area (Å²) in [6.45, 7) is 3.56. The quantitative estimate of drug-likeness (QED) is 0.550. The monoisotopic (exact) mass is 246 g/mol. The molecule has 0 amide bonds. The number of hydrogen-bond acceptors (Lipinski definition) is 3. The zero-order valence-electron chi connectivity index (χ0n) is 10.3. The number of piperazine rings is 1. The van der Waals surface area contributed by atoms with Crippen LogP contribution >= 0.6 is 0 Å². The number of nitrogens with zero attached hydrogens (tertiary/aromatic N) is 2. The highest BCUT2D eigenvalue weighted by Gasteiger charge is 2.10. The van der Waals surface area contributed by atoms with Crippen molar-refractivity contribution < 1.29 is 9.18 Å².